The number of nitrogens with zero attached hydrogens (tertiary/aromatic N) is 1. The van der Waals surface area contributed by atoms with Crippen LogP contribution in [-0.4, -0.2) is 4.57 Å². The molecule has 88 valence electrons. The number of hydrogen-bond acceptors (Lipinski definition) is 1. The number of pyridine rings is 1. The molecule has 3 heteroatoms. The molecule has 1 atom stereocenters. The lowest BCUT2D eigenvalue weighted by Gasteiger charge is -2.16. The Bertz CT molecular complexity index is 575. The molecule has 0 fully saturated rings. The number of aryl methyl sites for hydroxylation is 1. The Morgan fingerprint density at radius 1 is 1.24 bits per heavy atom. The number of aromatic nitrogens is 1. The zero-order valence-corrected chi connectivity index (χ0v) is 11.4. The van der Waals surface area contributed by atoms with Gasteiger partial charge in [-0.2, -0.15) is 0 Å². The van der Waals surface area contributed by atoms with E-state index in [-0.39, 0.29) is 11.6 Å². The molecular formula is C14H14BrNO. The molecule has 0 saturated heterocycles. The molecule has 1 aromatic carbocycles. The van der Waals surface area contributed by atoms with E-state index in [2.05, 4.69) is 15.9 Å². The Balaban J connectivity index is 2.52. The van der Waals surface area contributed by atoms with Crippen LogP contribution in [-0.2, 0) is 0 Å². The highest BCUT2D eigenvalue weighted by Crippen LogP contribution is 2.17. The summed E-state index contributed by atoms with van der Waals surface area (Å²) < 4.78 is 2.37. The maximum Gasteiger partial charge on any atom is 0.265 e. The first-order valence-corrected chi connectivity index (χ1v) is 6.32. The molecule has 0 bridgehead atoms. The standard InChI is InChI=1S/C14H14BrNO/c1-10-8-13(15)14(17)16(9-10)11(2)12-6-4-3-5-7-12/h3-9,11H,1-2H3. The molecule has 1 aromatic heterocycles. The molecule has 0 aliphatic carbocycles. The molecule has 0 saturated carbocycles. The van der Waals surface area contributed by atoms with Crippen molar-refractivity contribution in [2.45, 2.75) is 19.9 Å². The Morgan fingerprint density at radius 3 is 2.53 bits per heavy atom. The van der Waals surface area contributed by atoms with Crippen LogP contribution in [0, 0.1) is 6.92 Å². The third kappa shape index (κ3) is 2.50. The number of hydrogen-bond donors (Lipinski definition) is 0. The first-order valence-electron chi connectivity index (χ1n) is 5.53. The van der Waals surface area contributed by atoms with Crippen LogP contribution < -0.4 is 5.56 Å². The maximum absolute atomic E-state index is 12.1. The molecule has 0 N–H and O–H groups in total. The highest BCUT2D eigenvalue weighted by molar-refractivity contribution is 9.10. The predicted octanol–water partition coefficient (Wildman–Crippen LogP) is 3.53. The van der Waals surface area contributed by atoms with Crippen molar-refractivity contribution < 1.29 is 0 Å². The summed E-state index contributed by atoms with van der Waals surface area (Å²) in [5.74, 6) is 0. The predicted molar refractivity (Wildman–Crippen MR) is 73.4 cm³/mol. The van der Waals surface area contributed by atoms with Gasteiger partial charge in [0.1, 0.15) is 0 Å². The van der Waals surface area contributed by atoms with Gasteiger partial charge in [-0.25, -0.2) is 0 Å². The lowest BCUT2D eigenvalue weighted by Crippen LogP contribution is -2.24. The van der Waals surface area contributed by atoms with Gasteiger partial charge in [0.2, 0.25) is 0 Å². The summed E-state index contributed by atoms with van der Waals surface area (Å²) in [5.41, 5.74) is 2.21. The molecule has 1 heterocycles. The van der Waals surface area contributed by atoms with Gasteiger partial charge in [0.15, 0.2) is 0 Å². The number of rotatable bonds is 2. The molecule has 17 heavy (non-hydrogen) atoms. The number of halogens is 1. The van der Waals surface area contributed by atoms with E-state index >= 15 is 0 Å². The van der Waals surface area contributed by atoms with E-state index in [0.29, 0.717) is 4.47 Å². The minimum atomic E-state index is 0.00644. The van der Waals surface area contributed by atoms with E-state index in [4.69, 9.17) is 0 Å². The highest BCUT2D eigenvalue weighted by atomic mass is 79.9. The molecule has 2 nitrogen and oxygen atoms in total. The summed E-state index contributed by atoms with van der Waals surface area (Å²) in [4.78, 5) is 12.1. The monoisotopic (exact) mass is 291 g/mol. The Morgan fingerprint density at radius 2 is 1.88 bits per heavy atom. The average Bonchev–Trinajstić information content (AvgIpc) is 2.34. The second-order valence-corrected chi connectivity index (χ2v) is 5.02. The van der Waals surface area contributed by atoms with Crippen molar-refractivity contribution in [2.24, 2.45) is 0 Å². The molecule has 0 aliphatic rings. The first-order chi connectivity index (χ1) is 8.09. The summed E-state index contributed by atoms with van der Waals surface area (Å²) >= 11 is 3.30. The highest BCUT2D eigenvalue weighted by Gasteiger charge is 2.10. The summed E-state index contributed by atoms with van der Waals surface area (Å²) in [6.07, 6.45) is 1.89. The van der Waals surface area contributed by atoms with Crippen LogP contribution >= 0.6 is 15.9 Å². The molecule has 2 aromatic rings. The molecule has 0 amide bonds. The van der Waals surface area contributed by atoms with Gasteiger partial charge < -0.3 is 4.57 Å². The third-order valence-corrected chi connectivity index (χ3v) is 3.40. The fourth-order valence-electron chi connectivity index (χ4n) is 1.88. The largest absolute Gasteiger partial charge is 0.307 e. The number of benzene rings is 1. The summed E-state index contributed by atoms with van der Waals surface area (Å²) in [6, 6.07) is 11.9. The van der Waals surface area contributed by atoms with E-state index in [1.807, 2.05) is 56.4 Å². The van der Waals surface area contributed by atoms with E-state index in [0.717, 1.165) is 11.1 Å². The Hall–Kier alpha value is -1.35. The molecule has 0 spiro atoms. The molecule has 0 aliphatic heterocycles. The summed E-state index contributed by atoms with van der Waals surface area (Å²) in [6.45, 7) is 4.01. The molecule has 1 unspecified atom stereocenters. The summed E-state index contributed by atoms with van der Waals surface area (Å²) in [7, 11) is 0. The van der Waals surface area contributed by atoms with E-state index in [1.54, 1.807) is 4.57 Å². The zero-order valence-electron chi connectivity index (χ0n) is 9.85. The topological polar surface area (TPSA) is 22.0 Å². The molecule has 0 radical (unpaired) electrons. The van der Waals surface area contributed by atoms with Crippen molar-refractivity contribution in [3.63, 3.8) is 0 Å². The van der Waals surface area contributed by atoms with Crippen LogP contribution in [0.25, 0.3) is 0 Å². The van der Waals surface area contributed by atoms with Crippen molar-refractivity contribution in [1.29, 1.82) is 0 Å². The van der Waals surface area contributed by atoms with Gasteiger partial charge in [0.25, 0.3) is 5.56 Å². The summed E-state index contributed by atoms with van der Waals surface area (Å²) in [5, 5.41) is 0. The zero-order chi connectivity index (χ0) is 12.4. The van der Waals surface area contributed by atoms with Crippen molar-refractivity contribution >= 4 is 15.9 Å². The van der Waals surface area contributed by atoms with Crippen molar-refractivity contribution in [3.8, 4) is 0 Å². The van der Waals surface area contributed by atoms with Crippen LogP contribution in [0.1, 0.15) is 24.1 Å². The maximum atomic E-state index is 12.1. The van der Waals surface area contributed by atoms with Crippen LogP contribution in [0.4, 0.5) is 0 Å². The van der Waals surface area contributed by atoms with Crippen molar-refractivity contribution in [2.75, 3.05) is 0 Å². The first kappa shape index (κ1) is 12.1. The minimum absolute atomic E-state index is 0.00644. The van der Waals surface area contributed by atoms with Crippen molar-refractivity contribution in [3.05, 3.63) is 68.5 Å². The van der Waals surface area contributed by atoms with Gasteiger partial charge >= 0.3 is 0 Å². The van der Waals surface area contributed by atoms with Gasteiger partial charge in [0.05, 0.1) is 10.5 Å². The average molecular weight is 292 g/mol. The van der Waals surface area contributed by atoms with Crippen LogP contribution in [0.15, 0.2) is 51.9 Å². The van der Waals surface area contributed by atoms with E-state index in [9.17, 15) is 4.79 Å². The Labute approximate surface area is 109 Å². The fraction of sp³-hybridized carbons (Fsp3) is 0.214. The lowest BCUT2D eigenvalue weighted by molar-refractivity contribution is 0.610. The van der Waals surface area contributed by atoms with Gasteiger partial charge in [-0.05, 0) is 47.0 Å². The van der Waals surface area contributed by atoms with Crippen LogP contribution in [0.2, 0.25) is 0 Å². The van der Waals surface area contributed by atoms with Gasteiger partial charge in [0, 0.05) is 6.20 Å². The third-order valence-electron chi connectivity index (χ3n) is 2.84. The Kier molecular flexibility index (Phi) is 3.48. The van der Waals surface area contributed by atoms with E-state index < -0.39 is 0 Å². The van der Waals surface area contributed by atoms with Crippen molar-refractivity contribution in [1.82, 2.24) is 4.57 Å². The van der Waals surface area contributed by atoms with Crippen LogP contribution in [0.5, 0.6) is 0 Å². The smallest absolute Gasteiger partial charge is 0.265 e. The fourth-order valence-corrected chi connectivity index (χ4v) is 2.45. The van der Waals surface area contributed by atoms with Gasteiger partial charge in [-0.3, -0.25) is 4.79 Å². The minimum Gasteiger partial charge on any atom is -0.307 e. The van der Waals surface area contributed by atoms with Gasteiger partial charge in [-0.15, -0.1) is 0 Å². The van der Waals surface area contributed by atoms with E-state index in [1.165, 1.54) is 0 Å². The normalized spacial score (nSPS) is 12.4. The van der Waals surface area contributed by atoms with Crippen LogP contribution in [0.3, 0.4) is 0 Å². The van der Waals surface area contributed by atoms with Gasteiger partial charge in [-0.1, -0.05) is 30.3 Å². The second kappa shape index (κ2) is 4.88. The quantitative estimate of drug-likeness (QED) is 0.830. The molecular weight excluding hydrogens is 278 g/mol. The second-order valence-electron chi connectivity index (χ2n) is 4.16. The SMILES string of the molecule is Cc1cc(Br)c(=O)n(C(C)c2ccccc2)c1. The molecule has 2 rings (SSSR count). The lowest BCUT2D eigenvalue weighted by atomic mass is 10.1.